The molecule has 0 spiro atoms. The molecule has 186 valence electrons. The Morgan fingerprint density at radius 1 is 1.14 bits per heavy atom. The summed E-state index contributed by atoms with van der Waals surface area (Å²) in [7, 11) is 1.63. The molecule has 3 aromatic rings. The molecular weight excluding hydrogens is 448 g/mol. The number of aliphatic hydroxyl groups is 2. The molecule has 2 aromatic carbocycles. The largest absolute Gasteiger partial charge is 0.497 e. The molecule has 35 heavy (non-hydrogen) atoms. The van der Waals surface area contributed by atoms with Crippen molar-refractivity contribution < 1.29 is 29.6 Å². The lowest BCUT2D eigenvalue weighted by Gasteiger charge is -2.40. The normalized spacial score (nSPS) is 16.0. The minimum atomic E-state index is -0.981. The van der Waals surface area contributed by atoms with E-state index >= 15 is 0 Å². The summed E-state index contributed by atoms with van der Waals surface area (Å²) in [6.45, 7) is 4.61. The van der Waals surface area contributed by atoms with Gasteiger partial charge in [-0.15, -0.1) is 0 Å². The standard InChI is InChI=1S/C24H28N2O4.C3H4O2/c1-29-19-6-8-20(9-7-19)30-15-10-23(27)26-13-11-24(28,12-14-26)22-17-25-16-18-4-2-3-5-21(18)22;1-2-3(4)5/h2-9,16-17,23,27-28H,10-15H2,1H3;2H,1H2,(H,4,5). The Morgan fingerprint density at radius 2 is 1.77 bits per heavy atom. The number of aliphatic carboxylic acids is 1. The maximum absolute atomic E-state index is 11.3. The van der Waals surface area contributed by atoms with Gasteiger partial charge in [-0.1, -0.05) is 30.8 Å². The topological polar surface area (TPSA) is 112 Å². The van der Waals surface area contributed by atoms with Crippen molar-refractivity contribution in [1.29, 1.82) is 0 Å². The van der Waals surface area contributed by atoms with E-state index in [1.165, 1.54) is 0 Å². The quantitative estimate of drug-likeness (QED) is 0.420. The van der Waals surface area contributed by atoms with Crippen molar-refractivity contribution in [3.05, 3.63) is 79.1 Å². The first-order chi connectivity index (χ1) is 16.9. The van der Waals surface area contributed by atoms with Crippen molar-refractivity contribution in [2.75, 3.05) is 26.8 Å². The van der Waals surface area contributed by atoms with Crippen LogP contribution in [-0.4, -0.2) is 64.2 Å². The molecule has 1 atom stereocenters. The zero-order valence-corrected chi connectivity index (χ0v) is 19.8. The van der Waals surface area contributed by atoms with Crippen LogP contribution in [0.4, 0.5) is 0 Å². The Hall–Kier alpha value is -3.46. The molecule has 0 amide bonds. The number of carbonyl (C=O) groups is 1. The Bertz CT molecular complexity index is 1100. The predicted octanol–water partition coefficient (Wildman–Crippen LogP) is 3.57. The Morgan fingerprint density at radius 3 is 2.40 bits per heavy atom. The van der Waals surface area contributed by atoms with Gasteiger partial charge in [-0.25, -0.2) is 4.79 Å². The molecule has 8 heteroatoms. The number of hydrogen-bond donors (Lipinski definition) is 3. The van der Waals surface area contributed by atoms with Crippen molar-refractivity contribution in [2.24, 2.45) is 0 Å². The van der Waals surface area contributed by atoms with Crippen LogP contribution in [0.3, 0.4) is 0 Å². The molecule has 1 saturated heterocycles. The second-order valence-corrected chi connectivity index (χ2v) is 8.31. The first-order valence-electron chi connectivity index (χ1n) is 11.5. The van der Waals surface area contributed by atoms with E-state index in [9.17, 15) is 15.0 Å². The van der Waals surface area contributed by atoms with E-state index < -0.39 is 17.8 Å². The summed E-state index contributed by atoms with van der Waals surface area (Å²) in [6.07, 6.45) is 5.44. The van der Waals surface area contributed by atoms with Gasteiger partial charge in [-0.05, 0) is 42.5 Å². The average molecular weight is 481 g/mol. The zero-order valence-electron chi connectivity index (χ0n) is 19.8. The van der Waals surface area contributed by atoms with E-state index in [1.807, 2.05) is 59.6 Å². The SMILES string of the molecule is C=CC(=O)O.COc1ccc(OCCC(O)N2CCC(O)(c3cncc4ccccc34)CC2)cc1. The molecule has 1 unspecified atom stereocenters. The Labute approximate surface area is 205 Å². The van der Waals surface area contributed by atoms with Crippen molar-refractivity contribution in [3.8, 4) is 11.5 Å². The highest BCUT2D eigenvalue weighted by atomic mass is 16.5. The van der Waals surface area contributed by atoms with Gasteiger partial charge in [-0.3, -0.25) is 9.88 Å². The van der Waals surface area contributed by atoms with Gasteiger partial charge in [0.15, 0.2) is 0 Å². The van der Waals surface area contributed by atoms with Gasteiger partial charge >= 0.3 is 5.97 Å². The number of ether oxygens (including phenoxy) is 2. The fraction of sp³-hybridized carbons (Fsp3) is 0.333. The summed E-state index contributed by atoms with van der Waals surface area (Å²) in [4.78, 5) is 15.6. The maximum atomic E-state index is 11.3. The minimum absolute atomic E-state index is 0.418. The van der Waals surface area contributed by atoms with E-state index in [1.54, 1.807) is 13.3 Å². The molecule has 1 aliphatic heterocycles. The number of rotatable bonds is 8. The Balaban J connectivity index is 0.000000623. The number of carboxylic acid groups (broad SMARTS) is 1. The van der Waals surface area contributed by atoms with Crippen LogP contribution in [0.15, 0.2) is 73.6 Å². The fourth-order valence-corrected chi connectivity index (χ4v) is 4.09. The molecule has 4 rings (SSSR count). The molecule has 8 nitrogen and oxygen atoms in total. The highest BCUT2D eigenvalue weighted by Gasteiger charge is 2.37. The number of methoxy groups -OCH3 is 1. The number of aromatic nitrogens is 1. The van der Waals surface area contributed by atoms with Gasteiger partial charge < -0.3 is 24.8 Å². The van der Waals surface area contributed by atoms with Crippen LogP contribution in [-0.2, 0) is 10.4 Å². The van der Waals surface area contributed by atoms with Crippen LogP contribution in [0.2, 0.25) is 0 Å². The lowest BCUT2D eigenvalue weighted by atomic mass is 9.83. The van der Waals surface area contributed by atoms with Crippen LogP contribution in [0.25, 0.3) is 10.8 Å². The molecule has 1 aliphatic rings. The van der Waals surface area contributed by atoms with E-state index in [0.29, 0.717) is 39.0 Å². The second kappa shape index (κ2) is 12.3. The molecule has 3 N–H and O–H groups in total. The lowest BCUT2D eigenvalue weighted by Crippen LogP contribution is -2.47. The molecule has 0 saturated carbocycles. The number of aliphatic hydroxyl groups excluding tert-OH is 1. The van der Waals surface area contributed by atoms with E-state index in [-0.39, 0.29) is 0 Å². The van der Waals surface area contributed by atoms with Crippen LogP contribution in [0, 0.1) is 0 Å². The molecule has 1 aromatic heterocycles. The predicted molar refractivity (Wildman–Crippen MR) is 133 cm³/mol. The number of benzene rings is 2. The number of hydrogen-bond acceptors (Lipinski definition) is 7. The highest BCUT2D eigenvalue weighted by molar-refractivity contribution is 5.85. The number of nitrogens with zero attached hydrogens (tertiary/aromatic N) is 2. The van der Waals surface area contributed by atoms with Gasteiger partial charge in [0.1, 0.15) is 17.7 Å². The third-order valence-corrected chi connectivity index (χ3v) is 6.10. The van der Waals surface area contributed by atoms with Gasteiger partial charge in [0.05, 0.1) is 19.3 Å². The molecule has 2 heterocycles. The summed E-state index contributed by atoms with van der Waals surface area (Å²) in [5.74, 6) is 0.550. The second-order valence-electron chi connectivity index (χ2n) is 8.31. The van der Waals surface area contributed by atoms with Gasteiger partial charge in [-0.2, -0.15) is 0 Å². The van der Waals surface area contributed by atoms with Crippen molar-refractivity contribution in [1.82, 2.24) is 9.88 Å². The summed E-state index contributed by atoms with van der Waals surface area (Å²) >= 11 is 0. The number of fused-ring (bicyclic) bond motifs is 1. The third kappa shape index (κ3) is 7.02. The fourth-order valence-electron chi connectivity index (χ4n) is 4.09. The van der Waals surface area contributed by atoms with Crippen molar-refractivity contribution >= 4 is 16.7 Å². The van der Waals surface area contributed by atoms with Crippen LogP contribution >= 0.6 is 0 Å². The van der Waals surface area contributed by atoms with Crippen LogP contribution in [0.1, 0.15) is 24.8 Å². The summed E-state index contributed by atoms with van der Waals surface area (Å²) in [5, 5.41) is 31.6. The molecule has 0 aliphatic carbocycles. The third-order valence-electron chi connectivity index (χ3n) is 6.10. The van der Waals surface area contributed by atoms with Crippen LogP contribution in [0.5, 0.6) is 11.5 Å². The molecule has 0 radical (unpaired) electrons. The highest BCUT2D eigenvalue weighted by Crippen LogP contribution is 2.36. The molecule has 1 fully saturated rings. The average Bonchev–Trinajstić information content (AvgIpc) is 2.89. The summed E-state index contributed by atoms with van der Waals surface area (Å²) < 4.78 is 10.9. The van der Waals surface area contributed by atoms with Gasteiger partial charge in [0, 0.05) is 48.9 Å². The van der Waals surface area contributed by atoms with Gasteiger partial charge in [0.25, 0.3) is 0 Å². The minimum Gasteiger partial charge on any atom is -0.497 e. The first kappa shape index (κ1) is 26.2. The van der Waals surface area contributed by atoms with Crippen molar-refractivity contribution in [3.63, 3.8) is 0 Å². The number of pyridine rings is 1. The van der Waals surface area contributed by atoms with E-state index in [4.69, 9.17) is 14.6 Å². The van der Waals surface area contributed by atoms with Crippen LogP contribution < -0.4 is 9.47 Å². The molecule has 0 bridgehead atoms. The number of likely N-dealkylation sites (tertiary alicyclic amines) is 1. The lowest BCUT2D eigenvalue weighted by molar-refractivity contribution is -0.131. The monoisotopic (exact) mass is 480 g/mol. The first-order valence-corrected chi connectivity index (χ1v) is 11.5. The Kier molecular flexibility index (Phi) is 9.19. The summed E-state index contributed by atoms with van der Waals surface area (Å²) in [6, 6.07) is 15.4. The zero-order chi connectivity index (χ0) is 25.3. The maximum Gasteiger partial charge on any atom is 0.327 e. The van der Waals surface area contributed by atoms with Crippen molar-refractivity contribution in [2.45, 2.75) is 31.1 Å². The number of carboxylic acids is 1. The van der Waals surface area contributed by atoms with E-state index in [0.717, 1.165) is 33.9 Å². The summed E-state index contributed by atoms with van der Waals surface area (Å²) in [5.41, 5.74) is -0.0541. The number of piperidine rings is 1. The van der Waals surface area contributed by atoms with E-state index in [2.05, 4.69) is 11.6 Å². The van der Waals surface area contributed by atoms with Gasteiger partial charge in [0.2, 0.25) is 0 Å². The smallest absolute Gasteiger partial charge is 0.327 e. The molecular formula is C27H32N2O6.